The van der Waals surface area contributed by atoms with E-state index in [9.17, 15) is 14.4 Å². The molecule has 1 amide bonds. The predicted octanol–water partition coefficient (Wildman–Crippen LogP) is 6.09. The third-order valence-electron chi connectivity index (χ3n) is 5.14. The Kier molecular flexibility index (Phi) is 9.24. The van der Waals surface area contributed by atoms with Crippen molar-refractivity contribution in [2.75, 3.05) is 19.0 Å². The van der Waals surface area contributed by atoms with Crippen molar-refractivity contribution in [3.63, 3.8) is 0 Å². The number of allylic oxidation sites excluding steroid dienone is 1. The van der Waals surface area contributed by atoms with Gasteiger partial charge in [0.1, 0.15) is 29.8 Å². The van der Waals surface area contributed by atoms with Crippen LogP contribution in [0.25, 0.3) is 6.08 Å². The molecule has 0 aromatic heterocycles. The lowest BCUT2D eigenvalue weighted by Crippen LogP contribution is -2.13. The van der Waals surface area contributed by atoms with E-state index in [1.807, 2.05) is 19.1 Å². The highest BCUT2D eigenvalue weighted by Gasteiger charge is 2.15. The van der Waals surface area contributed by atoms with Crippen molar-refractivity contribution in [2.24, 2.45) is 0 Å². The van der Waals surface area contributed by atoms with Crippen LogP contribution in [0.3, 0.4) is 0 Å². The highest BCUT2D eigenvalue weighted by molar-refractivity contribution is 6.09. The molecule has 7 heteroatoms. The summed E-state index contributed by atoms with van der Waals surface area (Å²) in [6.45, 7) is 6.27. The maximum absolute atomic E-state index is 13.2. The van der Waals surface area contributed by atoms with Crippen LogP contribution in [0.15, 0.2) is 78.9 Å². The molecule has 1 N–H and O–H groups in total. The highest BCUT2D eigenvalue weighted by atomic mass is 19.1. The van der Waals surface area contributed by atoms with Crippen LogP contribution in [0.5, 0.6) is 17.2 Å². The first-order valence-electron chi connectivity index (χ1n) is 11.3. The number of carbonyl (C=O) groups excluding carboxylic acids is 1. The number of methoxy groups -OCH3 is 1. The van der Waals surface area contributed by atoms with Crippen molar-refractivity contribution >= 4 is 17.7 Å². The molecular weight excluding hydrogens is 459 g/mol. The van der Waals surface area contributed by atoms with Crippen LogP contribution >= 0.6 is 0 Å². The molecule has 36 heavy (non-hydrogen) atoms. The number of nitriles is 1. The van der Waals surface area contributed by atoms with Crippen molar-refractivity contribution in [3.05, 3.63) is 101 Å². The lowest BCUT2D eigenvalue weighted by molar-refractivity contribution is -0.112. The maximum Gasteiger partial charge on any atom is 0.266 e. The summed E-state index contributed by atoms with van der Waals surface area (Å²) in [7, 11) is 1.56. The summed E-state index contributed by atoms with van der Waals surface area (Å²) >= 11 is 0. The van der Waals surface area contributed by atoms with Gasteiger partial charge in [-0.15, -0.1) is 6.58 Å². The van der Waals surface area contributed by atoms with Gasteiger partial charge in [0.05, 0.1) is 13.7 Å². The normalized spacial score (nSPS) is 10.8. The Bertz CT molecular complexity index is 1280. The van der Waals surface area contributed by atoms with Crippen LogP contribution in [0.1, 0.15) is 23.6 Å². The van der Waals surface area contributed by atoms with Crippen LogP contribution in [0.4, 0.5) is 10.1 Å². The zero-order valence-electron chi connectivity index (χ0n) is 20.2. The van der Waals surface area contributed by atoms with Crippen LogP contribution in [-0.2, 0) is 17.8 Å². The number of hydrogen-bond donors (Lipinski definition) is 1. The number of benzene rings is 3. The fourth-order valence-corrected chi connectivity index (χ4v) is 3.42. The topological polar surface area (TPSA) is 80.6 Å². The monoisotopic (exact) mass is 486 g/mol. The van der Waals surface area contributed by atoms with Gasteiger partial charge in [0.15, 0.2) is 11.5 Å². The van der Waals surface area contributed by atoms with Gasteiger partial charge in [-0.2, -0.15) is 5.26 Å². The van der Waals surface area contributed by atoms with E-state index in [1.54, 1.807) is 55.7 Å². The second kappa shape index (κ2) is 12.8. The predicted molar refractivity (Wildman–Crippen MR) is 137 cm³/mol. The Labute approximate surface area is 210 Å². The van der Waals surface area contributed by atoms with Crippen molar-refractivity contribution in [3.8, 4) is 23.3 Å². The SMILES string of the molecule is C=CCc1cc(/C=C(\C#N)C(=O)Nc2ccc(OC)cc2)cc(OCC)c1OCc1ccc(F)cc1. The minimum absolute atomic E-state index is 0.0715. The van der Waals surface area contributed by atoms with Gasteiger partial charge in [-0.05, 0) is 79.1 Å². The second-order valence-corrected chi connectivity index (χ2v) is 7.70. The standard InChI is InChI=1S/C29H27FN2O4/c1-4-6-22-15-21(16-23(18-31)29(33)32-25-11-13-26(34-3)14-12-25)17-27(35-5-2)28(22)36-19-20-7-9-24(30)10-8-20/h4,7-17H,1,5-6,19H2,2-3H3,(H,32,33)/b23-16+. The summed E-state index contributed by atoms with van der Waals surface area (Å²) in [6, 6.07) is 18.4. The fraction of sp³-hybridized carbons (Fsp3) is 0.172. The van der Waals surface area contributed by atoms with Crippen LogP contribution in [0, 0.1) is 17.1 Å². The first kappa shape index (κ1) is 26.0. The molecule has 0 aliphatic carbocycles. The van der Waals surface area contributed by atoms with E-state index in [0.717, 1.165) is 11.1 Å². The van der Waals surface area contributed by atoms with E-state index in [4.69, 9.17) is 14.2 Å². The molecule has 0 aliphatic rings. The summed E-state index contributed by atoms with van der Waals surface area (Å²) in [6.07, 6.45) is 3.70. The summed E-state index contributed by atoms with van der Waals surface area (Å²) in [5, 5.41) is 12.4. The van der Waals surface area contributed by atoms with E-state index in [1.165, 1.54) is 18.2 Å². The Balaban J connectivity index is 1.90. The molecule has 0 saturated carbocycles. The molecule has 3 aromatic carbocycles. The lowest BCUT2D eigenvalue weighted by atomic mass is 10.0. The number of nitrogens with zero attached hydrogens (tertiary/aromatic N) is 1. The molecule has 0 saturated heterocycles. The molecular formula is C29H27FN2O4. The van der Waals surface area contributed by atoms with Gasteiger partial charge in [0, 0.05) is 11.3 Å². The number of carbonyl (C=O) groups is 1. The molecule has 0 bridgehead atoms. The lowest BCUT2D eigenvalue weighted by Gasteiger charge is -2.17. The number of halogens is 1. The molecule has 184 valence electrons. The number of amides is 1. The van der Waals surface area contributed by atoms with Crippen LogP contribution in [-0.4, -0.2) is 19.6 Å². The Hall–Kier alpha value is -4.57. The Morgan fingerprint density at radius 1 is 1.11 bits per heavy atom. The molecule has 0 aliphatic heterocycles. The minimum Gasteiger partial charge on any atom is -0.497 e. The van der Waals surface area contributed by atoms with Gasteiger partial charge in [0.2, 0.25) is 0 Å². The number of hydrogen-bond acceptors (Lipinski definition) is 5. The largest absolute Gasteiger partial charge is 0.497 e. The third-order valence-corrected chi connectivity index (χ3v) is 5.14. The fourth-order valence-electron chi connectivity index (χ4n) is 3.42. The van der Waals surface area contributed by atoms with Gasteiger partial charge in [-0.3, -0.25) is 4.79 Å². The number of nitrogens with one attached hydrogen (secondary N) is 1. The van der Waals surface area contributed by atoms with Crippen LogP contribution in [0.2, 0.25) is 0 Å². The van der Waals surface area contributed by atoms with Crippen molar-refractivity contribution in [2.45, 2.75) is 20.0 Å². The van der Waals surface area contributed by atoms with E-state index in [2.05, 4.69) is 11.9 Å². The summed E-state index contributed by atoms with van der Waals surface area (Å²) < 4.78 is 30.2. The first-order valence-corrected chi connectivity index (χ1v) is 11.3. The zero-order chi connectivity index (χ0) is 25.9. The average Bonchev–Trinajstić information content (AvgIpc) is 2.88. The molecule has 0 radical (unpaired) electrons. The van der Waals surface area contributed by atoms with Gasteiger partial charge >= 0.3 is 0 Å². The quantitative estimate of drug-likeness (QED) is 0.202. The minimum atomic E-state index is -0.539. The Morgan fingerprint density at radius 2 is 1.83 bits per heavy atom. The summed E-state index contributed by atoms with van der Waals surface area (Å²) in [4.78, 5) is 12.7. The van der Waals surface area contributed by atoms with E-state index in [0.29, 0.717) is 41.5 Å². The van der Waals surface area contributed by atoms with Gasteiger partial charge in [-0.25, -0.2) is 4.39 Å². The van der Waals surface area contributed by atoms with Gasteiger partial charge in [0.25, 0.3) is 5.91 Å². The molecule has 0 fully saturated rings. The maximum atomic E-state index is 13.2. The van der Waals surface area contributed by atoms with Crippen molar-refractivity contribution < 1.29 is 23.4 Å². The Morgan fingerprint density at radius 3 is 2.44 bits per heavy atom. The molecule has 3 rings (SSSR count). The van der Waals surface area contributed by atoms with Crippen molar-refractivity contribution in [1.82, 2.24) is 0 Å². The highest BCUT2D eigenvalue weighted by Crippen LogP contribution is 2.35. The number of rotatable bonds is 11. The molecule has 3 aromatic rings. The van der Waals surface area contributed by atoms with E-state index >= 15 is 0 Å². The van der Waals surface area contributed by atoms with Crippen molar-refractivity contribution in [1.29, 1.82) is 5.26 Å². The van der Waals surface area contributed by atoms with Gasteiger partial charge < -0.3 is 19.5 Å². The molecule has 6 nitrogen and oxygen atoms in total. The van der Waals surface area contributed by atoms with Crippen LogP contribution < -0.4 is 19.5 Å². The zero-order valence-corrected chi connectivity index (χ0v) is 20.2. The van der Waals surface area contributed by atoms with Gasteiger partial charge in [-0.1, -0.05) is 18.2 Å². The summed E-state index contributed by atoms with van der Waals surface area (Å²) in [5.41, 5.74) is 2.64. The molecule has 0 atom stereocenters. The van der Waals surface area contributed by atoms with E-state index < -0.39 is 5.91 Å². The molecule has 0 heterocycles. The third kappa shape index (κ3) is 6.97. The number of anilines is 1. The summed E-state index contributed by atoms with van der Waals surface area (Å²) in [5.74, 6) is 0.797. The number of ether oxygens (including phenoxy) is 3. The average molecular weight is 487 g/mol. The first-order chi connectivity index (χ1) is 17.5. The van der Waals surface area contributed by atoms with E-state index in [-0.39, 0.29) is 18.0 Å². The molecule has 0 spiro atoms. The smallest absolute Gasteiger partial charge is 0.266 e. The molecule has 0 unspecified atom stereocenters. The second-order valence-electron chi connectivity index (χ2n) is 7.70.